The molecule has 2 aliphatic heterocycles. The van der Waals surface area contributed by atoms with Crippen molar-refractivity contribution in [2.75, 3.05) is 39.9 Å². The van der Waals surface area contributed by atoms with Crippen molar-refractivity contribution in [1.82, 2.24) is 9.80 Å². The minimum absolute atomic E-state index is 0.245. The molecule has 2 unspecified atom stereocenters. The van der Waals surface area contributed by atoms with Gasteiger partial charge in [-0.2, -0.15) is 0 Å². The Balaban J connectivity index is 1.30. The number of ether oxygens (including phenoxy) is 1. The molecule has 2 aromatic carbocycles. The number of nitrogens with zero attached hydrogens (tertiary/aromatic N) is 2. The Morgan fingerprint density at radius 1 is 0.926 bits per heavy atom. The summed E-state index contributed by atoms with van der Waals surface area (Å²) in [5, 5.41) is 0. The molecule has 27 heavy (non-hydrogen) atoms. The largest absolute Gasteiger partial charge is 0.384 e. The fourth-order valence-electron chi connectivity index (χ4n) is 4.46. The molecule has 4 heteroatoms. The molecule has 4 rings (SSSR count). The van der Waals surface area contributed by atoms with Gasteiger partial charge in [0.15, 0.2) is 0 Å². The van der Waals surface area contributed by atoms with Crippen molar-refractivity contribution in [1.29, 1.82) is 0 Å². The predicted octanol–water partition coefficient (Wildman–Crippen LogP) is 3.28. The van der Waals surface area contributed by atoms with Gasteiger partial charge in [0.05, 0.1) is 13.0 Å². The van der Waals surface area contributed by atoms with Crippen LogP contribution in [0.15, 0.2) is 54.6 Å². The molecule has 0 aliphatic carbocycles. The molecule has 0 N–H and O–H groups in total. The highest BCUT2D eigenvalue weighted by Crippen LogP contribution is 2.32. The maximum Gasteiger partial charge on any atom is 0.224 e. The van der Waals surface area contributed by atoms with E-state index in [9.17, 15) is 4.79 Å². The van der Waals surface area contributed by atoms with Crippen molar-refractivity contribution < 1.29 is 9.53 Å². The Hall–Kier alpha value is -2.17. The highest BCUT2D eigenvalue weighted by atomic mass is 16.5. The van der Waals surface area contributed by atoms with Crippen LogP contribution in [0.4, 0.5) is 0 Å². The molecule has 2 saturated heterocycles. The van der Waals surface area contributed by atoms with Crippen LogP contribution in [0.2, 0.25) is 0 Å². The first kappa shape index (κ1) is 18.2. The number of carbonyl (C=O) groups excluding carboxylic acids is 1. The molecular formula is C23H28N2O2. The number of fused-ring (bicyclic) bond motifs is 1. The second kappa shape index (κ2) is 8.24. The molecule has 2 atom stereocenters. The van der Waals surface area contributed by atoms with E-state index < -0.39 is 0 Å². The number of benzene rings is 2. The lowest BCUT2D eigenvalue weighted by Gasteiger charge is -2.21. The number of carbonyl (C=O) groups is 1. The van der Waals surface area contributed by atoms with Gasteiger partial charge in [0.25, 0.3) is 0 Å². The van der Waals surface area contributed by atoms with E-state index in [4.69, 9.17) is 4.74 Å². The SMILES string of the molecule is COCCC(=O)N1CC2CN(Cc3ccc(-c4ccccc4)cc3)CC2C1. The minimum Gasteiger partial charge on any atom is -0.384 e. The van der Waals surface area contributed by atoms with Crippen LogP contribution in [-0.2, 0) is 16.1 Å². The van der Waals surface area contributed by atoms with Gasteiger partial charge in [-0.3, -0.25) is 9.69 Å². The summed E-state index contributed by atoms with van der Waals surface area (Å²) in [7, 11) is 1.65. The smallest absolute Gasteiger partial charge is 0.224 e. The third-order valence-corrected chi connectivity index (χ3v) is 5.90. The average Bonchev–Trinajstić information content (AvgIpc) is 3.26. The lowest BCUT2D eigenvalue weighted by molar-refractivity contribution is -0.131. The number of likely N-dealkylation sites (tertiary alicyclic amines) is 2. The Kier molecular flexibility index (Phi) is 5.55. The van der Waals surface area contributed by atoms with Gasteiger partial charge in [0.2, 0.25) is 5.91 Å². The van der Waals surface area contributed by atoms with Gasteiger partial charge in [-0.1, -0.05) is 54.6 Å². The first-order valence-corrected chi connectivity index (χ1v) is 9.86. The van der Waals surface area contributed by atoms with E-state index in [1.54, 1.807) is 7.11 Å². The van der Waals surface area contributed by atoms with E-state index in [2.05, 4.69) is 53.4 Å². The van der Waals surface area contributed by atoms with Crippen LogP contribution < -0.4 is 0 Å². The van der Waals surface area contributed by atoms with E-state index >= 15 is 0 Å². The van der Waals surface area contributed by atoms with Crippen molar-refractivity contribution in [3.8, 4) is 11.1 Å². The van der Waals surface area contributed by atoms with Crippen molar-refractivity contribution in [3.63, 3.8) is 0 Å². The Bertz CT molecular complexity index is 746. The minimum atomic E-state index is 0.245. The zero-order chi connectivity index (χ0) is 18.6. The molecule has 2 aliphatic rings. The lowest BCUT2D eigenvalue weighted by Crippen LogP contribution is -2.33. The molecule has 2 fully saturated rings. The molecule has 0 bridgehead atoms. The molecular weight excluding hydrogens is 336 g/mol. The summed E-state index contributed by atoms with van der Waals surface area (Å²) in [4.78, 5) is 16.8. The number of rotatable bonds is 6. The second-order valence-corrected chi connectivity index (χ2v) is 7.82. The van der Waals surface area contributed by atoms with Gasteiger partial charge in [-0.15, -0.1) is 0 Å². The molecule has 1 amide bonds. The van der Waals surface area contributed by atoms with Gasteiger partial charge in [-0.05, 0) is 28.5 Å². The Labute approximate surface area is 161 Å². The Morgan fingerprint density at radius 3 is 2.19 bits per heavy atom. The number of methoxy groups -OCH3 is 1. The normalized spacial score (nSPS) is 22.2. The highest BCUT2D eigenvalue weighted by Gasteiger charge is 2.41. The summed E-state index contributed by atoms with van der Waals surface area (Å²) in [5.74, 6) is 1.49. The Morgan fingerprint density at radius 2 is 1.56 bits per heavy atom. The quantitative estimate of drug-likeness (QED) is 0.789. The molecule has 0 saturated carbocycles. The van der Waals surface area contributed by atoms with Crippen molar-refractivity contribution in [3.05, 3.63) is 60.2 Å². The standard InChI is InChI=1S/C23H28N2O2/c1-27-12-11-23(26)25-16-21-14-24(15-22(21)17-25)13-18-7-9-20(10-8-18)19-5-3-2-4-6-19/h2-10,21-22H,11-17H2,1H3. The summed E-state index contributed by atoms with van der Waals surface area (Å²) < 4.78 is 5.03. The van der Waals surface area contributed by atoms with Crippen LogP contribution >= 0.6 is 0 Å². The number of hydrogen-bond donors (Lipinski definition) is 0. The highest BCUT2D eigenvalue weighted by molar-refractivity contribution is 5.76. The van der Waals surface area contributed by atoms with Gasteiger partial charge < -0.3 is 9.64 Å². The topological polar surface area (TPSA) is 32.8 Å². The van der Waals surface area contributed by atoms with Gasteiger partial charge >= 0.3 is 0 Å². The molecule has 0 radical (unpaired) electrons. The predicted molar refractivity (Wildman–Crippen MR) is 107 cm³/mol. The summed E-state index contributed by atoms with van der Waals surface area (Å²) in [6.07, 6.45) is 0.507. The van der Waals surface area contributed by atoms with Crippen LogP contribution in [0.5, 0.6) is 0 Å². The van der Waals surface area contributed by atoms with E-state index in [1.165, 1.54) is 16.7 Å². The van der Waals surface area contributed by atoms with E-state index in [1.807, 2.05) is 11.0 Å². The summed E-state index contributed by atoms with van der Waals surface area (Å²) in [5.41, 5.74) is 3.89. The zero-order valence-corrected chi connectivity index (χ0v) is 16.0. The lowest BCUT2D eigenvalue weighted by atomic mass is 10.0. The van der Waals surface area contributed by atoms with Gasteiger partial charge in [0, 0.05) is 39.8 Å². The van der Waals surface area contributed by atoms with E-state index in [0.29, 0.717) is 24.9 Å². The van der Waals surface area contributed by atoms with Crippen molar-refractivity contribution in [2.24, 2.45) is 11.8 Å². The monoisotopic (exact) mass is 364 g/mol. The first-order chi connectivity index (χ1) is 13.2. The third kappa shape index (κ3) is 4.23. The second-order valence-electron chi connectivity index (χ2n) is 7.82. The molecule has 142 valence electrons. The summed E-state index contributed by atoms with van der Waals surface area (Å²) >= 11 is 0. The molecule has 2 heterocycles. The summed E-state index contributed by atoms with van der Waals surface area (Å²) in [6.45, 7) is 5.54. The van der Waals surface area contributed by atoms with E-state index in [-0.39, 0.29) is 5.91 Å². The van der Waals surface area contributed by atoms with Gasteiger partial charge in [-0.25, -0.2) is 0 Å². The van der Waals surface area contributed by atoms with Crippen LogP contribution in [0.1, 0.15) is 12.0 Å². The molecule has 0 spiro atoms. The fraction of sp³-hybridized carbons (Fsp3) is 0.435. The third-order valence-electron chi connectivity index (χ3n) is 5.90. The number of amides is 1. The average molecular weight is 364 g/mol. The van der Waals surface area contributed by atoms with Gasteiger partial charge in [0.1, 0.15) is 0 Å². The van der Waals surface area contributed by atoms with Crippen molar-refractivity contribution in [2.45, 2.75) is 13.0 Å². The summed E-state index contributed by atoms with van der Waals surface area (Å²) in [6, 6.07) is 19.4. The fourth-order valence-corrected chi connectivity index (χ4v) is 4.46. The van der Waals surface area contributed by atoms with Crippen LogP contribution in [0.25, 0.3) is 11.1 Å². The first-order valence-electron chi connectivity index (χ1n) is 9.86. The molecule has 4 nitrogen and oxygen atoms in total. The molecule has 0 aromatic heterocycles. The maximum atomic E-state index is 12.2. The van der Waals surface area contributed by atoms with Crippen LogP contribution in [-0.4, -0.2) is 55.6 Å². The molecule has 2 aromatic rings. The van der Waals surface area contributed by atoms with Crippen molar-refractivity contribution >= 4 is 5.91 Å². The van der Waals surface area contributed by atoms with Crippen LogP contribution in [0.3, 0.4) is 0 Å². The van der Waals surface area contributed by atoms with E-state index in [0.717, 1.165) is 32.7 Å². The number of hydrogen-bond acceptors (Lipinski definition) is 3. The maximum absolute atomic E-state index is 12.2. The zero-order valence-electron chi connectivity index (χ0n) is 16.0. The van der Waals surface area contributed by atoms with Crippen LogP contribution in [0, 0.1) is 11.8 Å².